The van der Waals surface area contributed by atoms with Crippen molar-refractivity contribution in [3.8, 4) is 5.75 Å². The summed E-state index contributed by atoms with van der Waals surface area (Å²) in [5.74, 6) is 1.05. The van der Waals surface area contributed by atoms with Gasteiger partial charge in [0.25, 0.3) is 5.91 Å². The molecule has 1 N–H and O–H groups in total. The zero-order valence-corrected chi connectivity index (χ0v) is 16.3. The van der Waals surface area contributed by atoms with Gasteiger partial charge in [-0.1, -0.05) is 36.4 Å². The van der Waals surface area contributed by atoms with E-state index in [0.29, 0.717) is 30.4 Å². The van der Waals surface area contributed by atoms with Crippen LogP contribution in [0.2, 0.25) is 0 Å². The van der Waals surface area contributed by atoms with Crippen molar-refractivity contribution < 1.29 is 19.2 Å². The van der Waals surface area contributed by atoms with E-state index in [1.807, 2.05) is 25.1 Å². The number of benzene rings is 2. The number of hydrogen-bond acceptors (Lipinski definition) is 3. The first-order valence-electron chi connectivity index (χ1n) is 10.2. The van der Waals surface area contributed by atoms with Crippen LogP contribution in [0.4, 0.5) is 5.69 Å². The van der Waals surface area contributed by atoms with Gasteiger partial charge in [0.2, 0.25) is 5.91 Å². The minimum Gasteiger partial charge on any atom is -0.494 e. The van der Waals surface area contributed by atoms with Crippen molar-refractivity contribution in [3.63, 3.8) is 0 Å². The maximum atomic E-state index is 13.1. The number of rotatable bonds is 5. The van der Waals surface area contributed by atoms with Crippen LogP contribution in [0.3, 0.4) is 0 Å². The van der Waals surface area contributed by atoms with Gasteiger partial charge < -0.3 is 9.64 Å². The molecule has 0 unspecified atom stereocenters. The Hall–Kier alpha value is -2.66. The van der Waals surface area contributed by atoms with Crippen molar-refractivity contribution in [2.24, 2.45) is 0 Å². The van der Waals surface area contributed by atoms with Gasteiger partial charge in [-0.15, -0.1) is 0 Å². The van der Waals surface area contributed by atoms with Crippen LogP contribution >= 0.6 is 0 Å². The standard InChI is InChI=1S/C23H26N2O3/c1-2-28-20-10-6-9-19(15-20)25-22(26)16-21(23(25)27)24-13-11-18(12-14-24)17-7-4-3-5-8-17/h3-10,15,18,21H,2,11-14,16H2,1H3/p+1/t21-/m0/s1. The summed E-state index contributed by atoms with van der Waals surface area (Å²) in [4.78, 5) is 28.3. The molecule has 0 saturated carbocycles. The van der Waals surface area contributed by atoms with Crippen LogP contribution in [0.5, 0.6) is 5.75 Å². The second kappa shape index (κ2) is 8.15. The molecule has 1 atom stereocenters. The lowest BCUT2D eigenvalue weighted by atomic mass is 9.89. The third-order valence-electron chi connectivity index (χ3n) is 5.93. The minimum absolute atomic E-state index is 0.0770. The van der Waals surface area contributed by atoms with Crippen molar-refractivity contribution in [1.29, 1.82) is 0 Å². The summed E-state index contributed by atoms with van der Waals surface area (Å²) in [5, 5.41) is 0. The van der Waals surface area contributed by atoms with Crippen LogP contribution in [0.15, 0.2) is 54.6 Å². The van der Waals surface area contributed by atoms with Crippen LogP contribution in [-0.2, 0) is 9.59 Å². The Morgan fingerprint density at radius 1 is 1.04 bits per heavy atom. The molecule has 2 aromatic rings. The lowest BCUT2D eigenvalue weighted by Gasteiger charge is -2.32. The van der Waals surface area contributed by atoms with E-state index in [4.69, 9.17) is 4.74 Å². The molecule has 2 amide bonds. The van der Waals surface area contributed by atoms with E-state index in [9.17, 15) is 9.59 Å². The molecule has 2 aliphatic heterocycles. The van der Waals surface area contributed by atoms with Crippen LogP contribution < -0.4 is 14.5 Å². The first-order valence-corrected chi connectivity index (χ1v) is 10.2. The number of quaternary nitrogens is 1. The number of ether oxygens (including phenoxy) is 1. The maximum absolute atomic E-state index is 13.1. The van der Waals surface area contributed by atoms with Crippen molar-refractivity contribution in [2.45, 2.75) is 38.1 Å². The first kappa shape index (κ1) is 18.7. The van der Waals surface area contributed by atoms with Gasteiger partial charge in [-0.25, -0.2) is 4.90 Å². The molecule has 0 radical (unpaired) electrons. The second-order valence-corrected chi connectivity index (χ2v) is 7.60. The Bertz CT molecular complexity index is 844. The molecule has 5 heteroatoms. The molecular weight excluding hydrogens is 352 g/mol. The van der Waals surface area contributed by atoms with Crippen molar-refractivity contribution in [1.82, 2.24) is 0 Å². The van der Waals surface area contributed by atoms with E-state index in [-0.39, 0.29) is 17.9 Å². The van der Waals surface area contributed by atoms with Gasteiger partial charge >= 0.3 is 0 Å². The Morgan fingerprint density at radius 2 is 1.79 bits per heavy atom. The molecule has 2 aromatic carbocycles. The lowest BCUT2D eigenvalue weighted by Crippen LogP contribution is -3.17. The molecule has 28 heavy (non-hydrogen) atoms. The van der Waals surface area contributed by atoms with Gasteiger partial charge in [0.1, 0.15) is 5.75 Å². The quantitative estimate of drug-likeness (QED) is 0.811. The fraction of sp³-hybridized carbons (Fsp3) is 0.391. The summed E-state index contributed by atoms with van der Waals surface area (Å²) in [6, 6.07) is 17.6. The van der Waals surface area contributed by atoms with Gasteiger partial charge in [0.15, 0.2) is 6.04 Å². The molecule has 0 spiro atoms. The molecule has 146 valence electrons. The topological polar surface area (TPSA) is 51.0 Å². The predicted octanol–water partition coefficient (Wildman–Crippen LogP) is 2.18. The number of nitrogens with zero attached hydrogens (tertiary/aromatic N) is 1. The predicted molar refractivity (Wildman–Crippen MR) is 108 cm³/mol. The number of piperidine rings is 1. The normalized spacial score (nSPS) is 25.2. The number of nitrogens with one attached hydrogen (secondary N) is 1. The van der Waals surface area contributed by atoms with Gasteiger partial charge in [0, 0.05) is 18.9 Å². The average molecular weight is 379 g/mol. The monoisotopic (exact) mass is 379 g/mol. The molecular formula is C23H27N2O3+. The summed E-state index contributed by atoms with van der Waals surface area (Å²) >= 11 is 0. The average Bonchev–Trinajstić information content (AvgIpc) is 3.03. The van der Waals surface area contributed by atoms with Gasteiger partial charge in [-0.3, -0.25) is 9.59 Å². The number of amides is 2. The highest BCUT2D eigenvalue weighted by Gasteiger charge is 2.46. The molecule has 0 aliphatic carbocycles. The summed E-state index contributed by atoms with van der Waals surface area (Å²) < 4.78 is 5.52. The smallest absolute Gasteiger partial charge is 0.292 e. The zero-order valence-electron chi connectivity index (χ0n) is 16.3. The van der Waals surface area contributed by atoms with Crippen LogP contribution in [0, 0.1) is 0 Å². The molecule has 2 aliphatic rings. The second-order valence-electron chi connectivity index (χ2n) is 7.60. The van der Waals surface area contributed by atoms with Crippen LogP contribution in [0.25, 0.3) is 0 Å². The molecule has 2 heterocycles. The fourth-order valence-corrected chi connectivity index (χ4v) is 4.50. The number of carbonyl (C=O) groups excluding carboxylic acids is 2. The Kier molecular flexibility index (Phi) is 5.44. The largest absolute Gasteiger partial charge is 0.494 e. The van der Waals surface area contributed by atoms with Crippen molar-refractivity contribution in [3.05, 3.63) is 60.2 Å². The summed E-state index contributed by atoms with van der Waals surface area (Å²) in [6.07, 6.45) is 2.40. The lowest BCUT2D eigenvalue weighted by molar-refractivity contribution is -0.920. The van der Waals surface area contributed by atoms with E-state index >= 15 is 0 Å². The highest BCUT2D eigenvalue weighted by Crippen LogP contribution is 2.27. The Labute approximate surface area is 165 Å². The summed E-state index contributed by atoms with van der Waals surface area (Å²) in [6.45, 7) is 4.32. The number of likely N-dealkylation sites (tertiary alicyclic amines) is 1. The number of hydrogen-bond donors (Lipinski definition) is 1. The molecule has 0 bridgehead atoms. The van der Waals surface area contributed by atoms with E-state index in [1.165, 1.54) is 15.4 Å². The molecule has 2 saturated heterocycles. The number of anilines is 1. The highest BCUT2D eigenvalue weighted by molar-refractivity contribution is 6.21. The van der Waals surface area contributed by atoms with E-state index in [0.717, 1.165) is 25.9 Å². The van der Waals surface area contributed by atoms with Crippen LogP contribution in [-0.4, -0.2) is 37.6 Å². The molecule has 5 nitrogen and oxygen atoms in total. The fourth-order valence-electron chi connectivity index (χ4n) is 4.50. The van der Waals surface area contributed by atoms with E-state index in [1.54, 1.807) is 12.1 Å². The van der Waals surface area contributed by atoms with Crippen LogP contribution in [0.1, 0.15) is 37.7 Å². The Morgan fingerprint density at radius 3 is 2.50 bits per heavy atom. The van der Waals surface area contributed by atoms with Crippen molar-refractivity contribution >= 4 is 17.5 Å². The summed E-state index contributed by atoms with van der Waals surface area (Å²) in [5.41, 5.74) is 1.99. The van der Waals surface area contributed by atoms with E-state index < -0.39 is 0 Å². The van der Waals surface area contributed by atoms with Crippen molar-refractivity contribution in [2.75, 3.05) is 24.6 Å². The number of carbonyl (C=O) groups is 2. The SMILES string of the molecule is CCOc1cccc(N2C(=O)C[C@H]([NH+]3CCC(c4ccccc4)CC3)C2=O)c1. The number of imide groups is 1. The molecule has 2 fully saturated rings. The maximum Gasteiger partial charge on any atom is 0.292 e. The minimum atomic E-state index is -0.264. The third-order valence-corrected chi connectivity index (χ3v) is 5.93. The zero-order chi connectivity index (χ0) is 19.5. The van der Waals surface area contributed by atoms with Gasteiger partial charge in [-0.2, -0.15) is 0 Å². The molecule has 4 rings (SSSR count). The molecule has 0 aromatic heterocycles. The Balaban J connectivity index is 1.44. The van der Waals surface area contributed by atoms with E-state index in [2.05, 4.69) is 24.3 Å². The highest BCUT2D eigenvalue weighted by atomic mass is 16.5. The summed E-state index contributed by atoms with van der Waals surface area (Å²) in [7, 11) is 0. The first-order chi connectivity index (χ1) is 13.7. The third kappa shape index (κ3) is 3.67. The van der Waals surface area contributed by atoms with Gasteiger partial charge in [-0.05, 0) is 30.5 Å². The van der Waals surface area contributed by atoms with Gasteiger partial charge in [0.05, 0.1) is 31.8 Å².